The van der Waals surface area contributed by atoms with E-state index in [1.54, 1.807) is 6.92 Å². The minimum atomic E-state index is -0.343. The molecule has 3 unspecified atom stereocenters. The highest BCUT2D eigenvalue weighted by Crippen LogP contribution is 2.10. The quantitative estimate of drug-likeness (QED) is 0.654. The molecular weight excluding hydrogens is 154 g/mol. The third-order valence-corrected chi connectivity index (χ3v) is 2.19. The molecule has 2 N–H and O–H groups in total. The van der Waals surface area contributed by atoms with Crippen molar-refractivity contribution < 1.29 is 9.84 Å². The zero-order chi connectivity index (χ0) is 8.97. The topological polar surface area (TPSA) is 41.5 Å². The second-order valence-corrected chi connectivity index (χ2v) is 3.69. The van der Waals surface area contributed by atoms with Crippen molar-refractivity contribution in [2.24, 2.45) is 0 Å². The van der Waals surface area contributed by atoms with Crippen molar-refractivity contribution in [2.75, 3.05) is 13.2 Å². The predicted octanol–water partition coefficient (Wildman–Crippen LogP) is 0.524. The predicted molar refractivity (Wildman–Crippen MR) is 48.1 cm³/mol. The average Bonchev–Trinajstić information content (AvgIpc) is 2.03. The van der Waals surface area contributed by atoms with Gasteiger partial charge >= 0.3 is 0 Å². The van der Waals surface area contributed by atoms with Crippen molar-refractivity contribution in [3.8, 4) is 0 Å². The number of aliphatic hydroxyl groups excluding tert-OH is 1. The first-order valence-corrected chi connectivity index (χ1v) is 4.71. The lowest BCUT2D eigenvalue weighted by atomic mass is 10.0. The molecule has 0 saturated carbocycles. The highest BCUT2D eigenvalue weighted by molar-refractivity contribution is 4.75. The number of nitrogens with one attached hydrogen (secondary N) is 1. The lowest BCUT2D eigenvalue weighted by Crippen LogP contribution is -2.41. The van der Waals surface area contributed by atoms with Crippen LogP contribution in [-0.4, -0.2) is 36.5 Å². The molecule has 0 radical (unpaired) electrons. The van der Waals surface area contributed by atoms with E-state index in [0.717, 1.165) is 13.0 Å². The van der Waals surface area contributed by atoms with Gasteiger partial charge in [0.2, 0.25) is 0 Å². The van der Waals surface area contributed by atoms with Crippen molar-refractivity contribution in [3.05, 3.63) is 0 Å². The van der Waals surface area contributed by atoms with Gasteiger partial charge < -0.3 is 15.2 Å². The maximum atomic E-state index is 8.99. The van der Waals surface area contributed by atoms with Gasteiger partial charge in [-0.1, -0.05) is 0 Å². The molecule has 0 bridgehead atoms. The monoisotopic (exact) mass is 173 g/mol. The molecular formula is C9H19NO2. The summed E-state index contributed by atoms with van der Waals surface area (Å²) >= 11 is 0. The van der Waals surface area contributed by atoms with E-state index in [9.17, 15) is 0 Å². The molecule has 1 fully saturated rings. The zero-order valence-corrected chi connectivity index (χ0v) is 7.92. The molecule has 12 heavy (non-hydrogen) atoms. The van der Waals surface area contributed by atoms with E-state index in [1.807, 2.05) is 0 Å². The van der Waals surface area contributed by atoms with E-state index in [-0.39, 0.29) is 6.10 Å². The fourth-order valence-electron chi connectivity index (χ4n) is 1.39. The molecule has 1 heterocycles. The van der Waals surface area contributed by atoms with Gasteiger partial charge in [-0.15, -0.1) is 0 Å². The lowest BCUT2D eigenvalue weighted by Gasteiger charge is -2.27. The summed E-state index contributed by atoms with van der Waals surface area (Å²) < 4.78 is 5.48. The summed E-state index contributed by atoms with van der Waals surface area (Å²) in [4.78, 5) is 0. The second-order valence-electron chi connectivity index (χ2n) is 3.69. The van der Waals surface area contributed by atoms with Crippen LogP contribution in [0.5, 0.6) is 0 Å². The van der Waals surface area contributed by atoms with Gasteiger partial charge in [-0.3, -0.25) is 0 Å². The van der Waals surface area contributed by atoms with E-state index in [2.05, 4.69) is 12.2 Å². The zero-order valence-electron chi connectivity index (χ0n) is 7.92. The van der Waals surface area contributed by atoms with Crippen LogP contribution in [0.4, 0.5) is 0 Å². The van der Waals surface area contributed by atoms with Crippen molar-refractivity contribution in [1.82, 2.24) is 5.32 Å². The van der Waals surface area contributed by atoms with Crippen LogP contribution < -0.4 is 5.32 Å². The Morgan fingerprint density at radius 2 is 2.33 bits per heavy atom. The van der Waals surface area contributed by atoms with Crippen LogP contribution in [0.1, 0.15) is 26.7 Å². The van der Waals surface area contributed by atoms with E-state index < -0.39 is 0 Å². The normalized spacial score (nSPS) is 33.2. The van der Waals surface area contributed by atoms with Gasteiger partial charge in [0.15, 0.2) is 0 Å². The van der Waals surface area contributed by atoms with E-state index in [4.69, 9.17) is 9.84 Å². The van der Waals surface area contributed by atoms with E-state index >= 15 is 0 Å². The standard InChI is InChI=1S/C9H19NO2/c1-7-3-4-9(5-10-7)12-6-8(2)11/h7-11H,3-6H2,1-2H3. The summed E-state index contributed by atoms with van der Waals surface area (Å²) in [6.07, 6.45) is 2.24. The van der Waals surface area contributed by atoms with Crippen LogP contribution in [0.25, 0.3) is 0 Å². The van der Waals surface area contributed by atoms with Crippen LogP contribution in [0.2, 0.25) is 0 Å². The number of aliphatic hydroxyl groups is 1. The van der Waals surface area contributed by atoms with E-state index in [1.165, 1.54) is 6.42 Å². The molecule has 1 saturated heterocycles. The molecule has 0 spiro atoms. The van der Waals surface area contributed by atoms with Crippen LogP contribution in [0.3, 0.4) is 0 Å². The Balaban J connectivity index is 2.09. The van der Waals surface area contributed by atoms with E-state index in [0.29, 0.717) is 18.8 Å². The van der Waals surface area contributed by atoms with Gasteiger partial charge in [0.1, 0.15) is 0 Å². The molecule has 0 aromatic rings. The maximum absolute atomic E-state index is 8.99. The lowest BCUT2D eigenvalue weighted by molar-refractivity contribution is -0.0155. The summed E-state index contributed by atoms with van der Waals surface area (Å²) in [7, 11) is 0. The smallest absolute Gasteiger partial charge is 0.0745 e. The number of hydrogen-bond acceptors (Lipinski definition) is 3. The van der Waals surface area contributed by atoms with Gasteiger partial charge in [-0.05, 0) is 26.7 Å². The SMILES string of the molecule is CC(O)COC1CCC(C)NC1. The molecule has 1 aliphatic heterocycles. The fourth-order valence-corrected chi connectivity index (χ4v) is 1.39. The van der Waals surface area contributed by atoms with Crippen molar-refractivity contribution >= 4 is 0 Å². The largest absolute Gasteiger partial charge is 0.391 e. The number of rotatable bonds is 3. The molecule has 3 atom stereocenters. The van der Waals surface area contributed by atoms with Gasteiger partial charge in [-0.2, -0.15) is 0 Å². The van der Waals surface area contributed by atoms with Crippen molar-refractivity contribution in [2.45, 2.75) is 44.9 Å². The Morgan fingerprint density at radius 3 is 2.83 bits per heavy atom. The third kappa shape index (κ3) is 3.52. The summed E-state index contributed by atoms with van der Waals surface area (Å²) in [5.41, 5.74) is 0. The highest BCUT2D eigenvalue weighted by Gasteiger charge is 2.17. The Labute approximate surface area is 74.1 Å². The molecule has 3 heteroatoms. The minimum absolute atomic E-state index is 0.302. The highest BCUT2D eigenvalue weighted by atomic mass is 16.5. The third-order valence-electron chi connectivity index (χ3n) is 2.19. The molecule has 3 nitrogen and oxygen atoms in total. The molecule has 1 rings (SSSR count). The summed E-state index contributed by atoms with van der Waals surface area (Å²) in [5.74, 6) is 0. The molecule has 0 aromatic carbocycles. The number of ether oxygens (including phenoxy) is 1. The van der Waals surface area contributed by atoms with Gasteiger partial charge in [0.05, 0.1) is 18.8 Å². The molecule has 0 aromatic heterocycles. The molecule has 1 aliphatic rings. The van der Waals surface area contributed by atoms with Crippen LogP contribution in [0, 0.1) is 0 Å². The number of piperidine rings is 1. The van der Waals surface area contributed by atoms with Gasteiger partial charge in [0.25, 0.3) is 0 Å². The first-order valence-electron chi connectivity index (χ1n) is 4.71. The van der Waals surface area contributed by atoms with Crippen LogP contribution in [0.15, 0.2) is 0 Å². The first-order chi connectivity index (χ1) is 5.68. The van der Waals surface area contributed by atoms with Crippen molar-refractivity contribution in [3.63, 3.8) is 0 Å². The van der Waals surface area contributed by atoms with Gasteiger partial charge in [-0.25, -0.2) is 0 Å². The van der Waals surface area contributed by atoms with Crippen LogP contribution >= 0.6 is 0 Å². The Bertz CT molecular complexity index is 120. The Morgan fingerprint density at radius 1 is 1.58 bits per heavy atom. The van der Waals surface area contributed by atoms with Crippen molar-refractivity contribution in [1.29, 1.82) is 0 Å². The van der Waals surface area contributed by atoms with Gasteiger partial charge in [0, 0.05) is 12.6 Å². The summed E-state index contributed by atoms with van der Waals surface area (Å²) in [6, 6.07) is 0.622. The maximum Gasteiger partial charge on any atom is 0.0745 e. The minimum Gasteiger partial charge on any atom is -0.391 e. The second kappa shape index (κ2) is 4.80. The summed E-state index contributed by atoms with van der Waals surface area (Å²) in [5, 5.41) is 12.3. The van der Waals surface area contributed by atoms with Crippen LogP contribution in [-0.2, 0) is 4.74 Å². The number of hydrogen-bond donors (Lipinski definition) is 2. The average molecular weight is 173 g/mol. The fraction of sp³-hybridized carbons (Fsp3) is 1.00. The Hall–Kier alpha value is -0.120. The summed E-state index contributed by atoms with van der Waals surface area (Å²) in [6.45, 7) is 5.32. The molecule has 0 amide bonds. The molecule has 72 valence electrons. The Kier molecular flexibility index (Phi) is 3.98. The molecule has 0 aliphatic carbocycles. The first kappa shape index (κ1) is 9.96.